The summed E-state index contributed by atoms with van der Waals surface area (Å²) in [7, 11) is 0. The van der Waals surface area contributed by atoms with Crippen LogP contribution in [0.4, 0.5) is 0 Å². The number of carbonyl (C=O) groups excluding carboxylic acids is 1. The van der Waals surface area contributed by atoms with Gasteiger partial charge in [-0.3, -0.25) is 10.2 Å². The van der Waals surface area contributed by atoms with E-state index in [9.17, 15) is 4.79 Å². The number of nitrogen functional groups attached to an aromatic ring is 1. The number of rotatable bonds is 8. The third-order valence-electron chi connectivity index (χ3n) is 1.94. The first-order chi connectivity index (χ1) is 8.27. The third kappa shape index (κ3) is 4.89. The largest absolute Gasteiger partial charge is 0.379 e. The Kier molecular flexibility index (Phi) is 6.15. The van der Waals surface area contributed by atoms with Crippen LogP contribution >= 0.6 is 0 Å². The molecule has 0 fully saturated rings. The monoisotopic (exact) mass is 243 g/mol. The predicted molar refractivity (Wildman–Crippen MR) is 59.0 cm³/mol. The van der Waals surface area contributed by atoms with E-state index < -0.39 is 5.91 Å². The molecule has 1 amide bonds. The SMILES string of the molecule is CCOCCOCCn1cc(C(=O)NN)nn1. The molecular formula is C9H17N5O3. The van der Waals surface area contributed by atoms with Crippen molar-refractivity contribution in [1.29, 1.82) is 0 Å². The number of hydrogen-bond acceptors (Lipinski definition) is 6. The molecule has 0 aliphatic rings. The van der Waals surface area contributed by atoms with E-state index in [-0.39, 0.29) is 5.69 Å². The van der Waals surface area contributed by atoms with Crippen molar-refractivity contribution < 1.29 is 14.3 Å². The highest BCUT2D eigenvalue weighted by Crippen LogP contribution is 1.92. The first-order valence-electron chi connectivity index (χ1n) is 5.34. The summed E-state index contributed by atoms with van der Waals surface area (Å²) in [5.74, 6) is 4.50. The van der Waals surface area contributed by atoms with Crippen molar-refractivity contribution in [2.45, 2.75) is 13.5 Å². The molecule has 0 aromatic carbocycles. The van der Waals surface area contributed by atoms with Gasteiger partial charge in [0.25, 0.3) is 5.91 Å². The summed E-state index contributed by atoms with van der Waals surface area (Å²) < 4.78 is 11.9. The predicted octanol–water partition coefficient (Wildman–Crippen LogP) is -1.07. The van der Waals surface area contributed by atoms with E-state index in [1.165, 1.54) is 10.9 Å². The number of nitrogens with one attached hydrogen (secondary N) is 1. The second kappa shape index (κ2) is 7.71. The van der Waals surface area contributed by atoms with Gasteiger partial charge in [-0.05, 0) is 6.92 Å². The molecule has 17 heavy (non-hydrogen) atoms. The third-order valence-corrected chi connectivity index (χ3v) is 1.94. The van der Waals surface area contributed by atoms with E-state index in [4.69, 9.17) is 15.3 Å². The first-order valence-corrected chi connectivity index (χ1v) is 5.34. The smallest absolute Gasteiger partial charge is 0.287 e. The number of ether oxygens (including phenoxy) is 2. The van der Waals surface area contributed by atoms with Crippen molar-refractivity contribution in [1.82, 2.24) is 20.4 Å². The molecule has 1 aromatic rings. The standard InChI is InChI=1S/C9H17N5O3/c1-2-16-5-6-17-4-3-14-7-8(12-13-14)9(15)11-10/h7H,2-6,10H2,1H3,(H,11,15). The van der Waals surface area contributed by atoms with Gasteiger partial charge < -0.3 is 9.47 Å². The average Bonchev–Trinajstić information content (AvgIpc) is 2.81. The average molecular weight is 243 g/mol. The van der Waals surface area contributed by atoms with Crippen LogP contribution in [0, 0.1) is 0 Å². The maximum atomic E-state index is 11.1. The molecular weight excluding hydrogens is 226 g/mol. The molecule has 0 saturated carbocycles. The second-order valence-electron chi connectivity index (χ2n) is 3.15. The highest BCUT2D eigenvalue weighted by atomic mass is 16.5. The number of aromatic nitrogens is 3. The Hall–Kier alpha value is -1.51. The van der Waals surface area contributed by atoms with E-state index >= 15 is 0 Å². The van der Waals surface area contributed by atoms with Gasteiger partial charge in [0.15, 0.2) is 5.69 Å². The number of nitrogens with zero attached hydrogens (tertiary/aromatic N) is 3. The molecule has 8 nitrogen and oxygen atoms in total. The highest BCUT2D eigenvalue weighted by molar-refractivity contribution is 5.91. The van der Waals surface area contributed by atoms with Crippen LogP contribution in [-0.2, 0) is 16.0 Å². The van der Waals surface area contributed by atoms with Crippen LogP contribution < -0.4 is 11.3 Å². The minimum absolute atomic E-state index is 0.182. The van der Waals surface area contributed by atoms with Gasteiger partial charge in [0, 0.05) is 6.61 Å². The summed E-state index contributed by atoms with van der Waals surface area (Å²) in [5, 5.41) is 7.41. The van der Waals surface area contributed by atoms with Crippen LogP contribution in [0.2, 0.25) is 0 Å². The van der Waals surface area contributed by atoms with Gasteiger partial charge in [-0.25, -0.2) is 10.5 Å². The van der Waals surface area contributed by atoms with E-state index in [0.717, 1.165) is 0 Å². The Labute approximate surface area is 99.0 Å². The molecule has 3 N–H and O–H groups in total. The van der Waals surface area contributed by atoms with Crippen molar-refractivity contribution in [3.05, 3.63) is 11.9 Å². The van der Waals surface area contributed by atoms with Crippen molar-refractivity contribution in [3.8, 4) is 0 Å². The molecule has 0 unspecified atom stereocenters. The lowest BCUT2D eigenvalue weighted by Gasteiger charge is -2.03. The lowest BCUT2D eigenvalue weighted by atomic mass is 10.4. The van der Waals surface area contributed by atoms with Crippen LogP contribution in [0.5, 0.6) is 0 Å². The summed E-state index contributed by atoms with van der Waals surface area (Å²) in [4.78, 5) is 11.1. The van der Waals surface area contributed by atoms with Gasteiger partial charge in [0.2, 0.25) is 0 Å². The quantitative estimate of drug-likeness (QED) is 0.261. The molecule has 1 rings (SSSR count). The fraction of sp³-hybridized carbons (Fsp3) is 0.667. The van der Waals surface area contributed by atoms with Gasteiger partial charge >= 0.3 is 0 Å². The Bertz CT molecular complexity index is 341. The van der Waals surface area contributed by atoms with Crippen LogP contribution in [0.15, 0.2) is 6.20 Å². The van der Waals surface area contributed by atoms with Gasteiger partial charge in [-0.2, -0.15) is 0 Å². The lowest BCUT2D eigenvalue weighted by molar-refractivity contribution is 0.0486. The summed E-state index contributed by atoms with van der Waals surface area (Å²) >= 11 is 0. The first kappa shape index (κ1) is 13.6. The summed E-state index contributed by atoms with van der Waals surface area (Å²) in [6, 6.07) is 0. The highest BCUT2D eigenvalue weighted by Gasteiger charge is 2.08. The number of hydrazine groups is 1. The molecule has 0 aliphatic carbocycles. The number of nitrogens with two attached hydrogens (primary N) is 1. The van der Waals surface area contributed by atoms with Crippen molar-refractivity contribution in [2.24, 2.45) is 5.84 Å². The normalized spacial score (nSPS) is 10.5. The van der Waals surface area contributed by atoms with Crippen molar-refractivity contribution >= 4 is 5.91 Å². The lowest BCUT2D eigenvalue weighted by Crippen LogP contribution is -2.30. The van der Waals surface area contributed by atoms with Crippen LogP contribution in [0.25, 0.3) is 0 Å². The second-order valence-corrected chi connectivity index (χ2v) is 3.15. The van der Waals surface area contributed by atoms with E-state index in [1.807, 2.05) is 12.3 Å². The van der Waals surface area contributed by atoms with Gasteiger partial charge in [0.1, 0.15) is 0 Å². The molecule has 0 saturated heterocycles. The number of amides is 1. The van der Waals surface area contributed by atoms with Crippen LogP contribution in [-0.4, -0.2) is 47.3 Å². The van der Waals surface area contributed by atoms with Crippen LogP contribution in [0.3, 0.4) is 0 Å². The summed E-state index contributed by atoms with van der Waals surface area (Å²) in [6.07, 6.45) is 1.51. The molecule has 0 radical (unpaired) electrons. The number of carbonyl (C=O) groups is 1. The molecule has 96 valence electrons. The van der Waals surface area contributed by atoms with Crippen molar-refractivity contribution in [2.75, 3.05) is 26.4 Å². The minimum Gasteiger partial charge on any atom is -0.379 e. The Morgan fingerprint density at radius 3 is 2.94 bits per heavy atom. The molecule has 0 atom stereocenters. The van der Waals surface area contributed by atoms with Crippen LogP contribution in [0.1, 0.15) is 17.4 Å². The zero-order chi connectivity index (χ0) is 12.5. The van der Waals surface area contributed by atoms with E-state index in [1.54, 1.807) is 0 Å². The van der Waals surface area contributed by atoms with E-state index in [2.05, 4.69) is 10.3 Å². The van der Waals surface area contributed by atoms with Crippen molar-refractivity contribution in [3.63, 3.8) is 0 Å². The molecule has 8 heteroatoms. The Balaban J connectivity index is 2.19. The summed E-state index contributed by atoms with van der Waals surface area (Å²) in [5.41, 5.74) is 2.16. The zero-order valence-electron chi connectivity index (χ0n) is 9.76. The maximum Gasteiger partial charge on any atom is 0.287 e. The zero-order valence-corrected chi connectivity index (χ0v) is 9.76. The number of hydrogen-bond donors (Lipinski definition) is 2. The molecule has 0 aliphatic heterocycles. The molecule has 0 spiro atoms. The molecule has 1 heterocycles. The van der Waals surface area contributed by atoms with Gasteiger partial charge in [0.05, 0.1) is 32.6 Å². The molecule has 0 bridgehead atoms. The fourth-order valence-electron chi connectivity index (χ4n) is 1.11. The van der Waals surface area contributed by atoms with Gasteiger partial charge in [-0.15, -0.1) is 5.10 Å². The van der Waals surface area contributed by atoms with Gasteiger partial charge in [-0.1, -0.05) is 5.21 Å². The topological polar surface area (TPSA) is 104 Å². The molecule has 1 aromatic heterocycles. The Morgan fingerprint density at radius 1 is 1.47 bits per heavy atom. The minimum atomic E-state index is -0.464. The van der Waals surface area contributed by atoms with E-state index in [0.29, 0.717) is 33.0 Å². The summed E-state index contributed by atoms with van der Waals surface area (Å²) in [6.45, 7) is 4.74. The fourth-order valence-corrected chi connectivity index (χ4v) is 1.11. The maximum absolute atomic E-state index is 11.1. The Morgan fingerprint density at radius 2 is 2.24 bits per heavy atom.